The first-order valence-electron chi connectivity index (χ1n) is 11.3. The maximum absolute atomic E-state index is 13.8. The number of aryl methyl sites for hydroxylation is 1. The van der Waals surface area contributed by atoms with Crippen LogP contribution < -0.4 is 4.90 Å². The van der Waals surface area contributed by atoms with Crippen molar-refractivity contribution in [1.29, 1.82) is 0 Å². The molecule has 4 unspecified atom stereocenters. The number of esters is 1. The number of fused-ring (bicyclic) bond motifs is 1. The van der Waals surface area contributed by atoms with E-state index >= 15 is 0 Å². The van der Waals surface area contributed by atoms with E-state index in [4.69, 9.17) is 9.47 Å². The van der Waals surface area contributed by atoms with Crippen LogP contribution in [0.25, 0.3) is 0 Å². The van der Waals surface area contributed by atoms with Gasteiger partial charge in [-0.15, -0.1) is 0 Å². The minimum Gasteiger partial charge on any atom is -0.483 e. The first-order chi connectivity index (χ1) is 15.9. The lowest BCUT2D eigenvalue weighted by Crippen LogP contribution is -2.41. The Hall–Kier alpha value is -3.48. The lowest BCUT2D eigenvalue weighted by molar-refractivity contribution is -0.132. The Labute approximate surface area is 192 Å². The summed E-state index contributed by atoms with van der Waals surface area (Å²) < 4.78 is 11.0. The molecule has 0 radical (unpaired) electrons. The Morgan fingerprint density at radius 3 is 2.58 bits per heavy atom. The van der Waals surface area contributed by atoms with Crippen LogP contribution in [-0.4, -0.2) is 35.9 Å². The van der Waals surface area contributed by atoms with E-state index in [-0.39, 0.29) is 29.5 Å². The molecule has 170 valence electrons. The first-order valence-corrected chi connectivity index (χ1v) is 11.3. The quantitative estimate of drug-likeness (QED) is 0.665. The molecule has 4 atom stereocenters. The average Bonchev–Trinajstić information content (AvgIpc) is 3.11. The SMILES string of the molecule is COC(=O)c1ccc(C2C3=C(OC4CCC(C)CC4C3=O)C(=O)N2c2cccc(C)n2)cc1. The summed E-state index contributed by atoms with van der Waals surface area (Å²) >= 11 is 0. The van der Waals surface area contributed by atoms with Gasteiger partial charge in [0.1, 0.15) is 11.9 Å². The molecule has 7 nitrogen and oxygen atoms in total. The maximum atomic E-state index is 13.8. The predicted octanol–water partition coefficient (Wildman–Crippen LogP) is 3.92. The Balaban J connectivity index is 1.62. The lowest BCUT2D eigenvalue weighted by atomic mass is 9.74. The summed E-state index contributed by atoms with van der Waals surface area (Å²) in [6, 6.07) is 11.6. The zero-order chi connectivity index (χ0) is 23.3. The number of anilines is 1. The summed E-state index contributed by atoms with van der Waals surface area (Å²) in [4.78, 5) is 45.4. The van der Waals surface area contributed by atoms with Crippen LogP contribution in [0.5, 0.6) is 0 Å². The largest absolute Gasteiger partial charge is 0.483 e. The number of aromatic nitrogens is 1. The molecule has 0 saturated heterocycles. The van der Waals surface area contributed by atoms with E-state index < -0.39 is 12.0 Å². The number of hydrogen-bond donors (Lipinski definition) is 0. The van der Waals surface area contributed by atoms with E-state index in [1.807, 2.05) is 19.1 Å². The molecule has 1 saturated carbocycles. The maximum Gasteiger partial charge on any atom is 0.337 e. The van der Waals surface area contributed by atoms with E-state index in [9.17, 15) is 14.4 Å². The van der Waals surface area contributed by atoms with Crippen LogP contribution in [0.3, 0.4) is 0 Å². The fraction of sp³-hybridized carbons (Fsp3) is 0.385. The zero-order valence-corrected chi connectivity index (χ0v) is 18.9. The van der Waals surface area contributed by atoms with Gasteiger partial charge in [-0.3, -0.25) is 14.5 Å². The van der Waals surface area contributed by atoms with Crippen molar-refractivity contribution in [1.82, 2.24) is 4.98 Å². The summed E-state index contributed by atoms with van der Waals surface area (Å²) in [6.45, 7) is 4.01. The standard InChI is InChI=1S/C26H26N2O5/c1-14-7-12-19-18(13-14)23(29)21-22(16-8-10-17(11-9-16)26(31)32-3)28(25(30)24(21)33-19)20-6-4-5-15(2)27-20/h4-6,8-11,14,18-19,22H,7,12-13H2,1-3H3. The van der Waals surface area contributed by atoms with Gasteiger partial charge >= 0.3 is 5.97 Å². The Kier molecular flexibility index (Phi) is 5.27. The van der Waals surface area contributed by atoms with Gasteiger partial charge in [0.05, 0.1) is 30.2 Å². The molecule has 1 aromatic carbocycles. The van der Waals surface area contributed by atoms with E-state index in [2.05, 4.69) is 11.9 Å². The van der Waals surface area contributed by atoms with Crippen molar-refractivity contribution in [3.63, 3.8) is 0 Å². The van der Waals surface area contributed by atoms with E-state index in [1.165, 1.54) is 7.11 Å². The van der Waals surface area contributed by atoms with E-state index in [0.29, 0.717) is 28.4 Å². The van der Waals surface area contributed by atoms with Crippen molar-refractivity contribution >= 4 is 23.5 Å². The molecule has 3 aliphatic rings. The van der Waals surface area contributed by atoms with Crippen molar-refractivity contribution in [2.75, 3.05) is 12.0 Å². The number of Topliss-reactive ketones (excluding diaryl/α,β-unsaturated/α-hetero) is 1. The second-order valence-corrected chi connectivity index (χ2v) is 9.12. The molecule has 1 fully saturated rings. The van der Waals surface area contributed by atoms with Gasteiger partial charge in [-0.05, 0) is 61.9 Å². The fourth-order valence-corrected chi connectivity index (χ4v) is 5.21. The highest BCUT2D eigenvalue weighted by molar-refractivity contribution is 6.17. The van der Waals surface area contributed by atoms with Crippen LogP contribution in [0, 0.1) is 18.8 Å². The monoisotopic (exact) mass is 446 g/mol. The van der Waals surface area contributed by atoms with Crippen LogP contribution in [0.1, 0.15) is 53.8 Å². The summed E-state index contributed by atoms with van der Waals surface area (Å²) in [5, 5.41) is 0. The van der Waals surface area contributed by atoms with Crippen LogP contribution in [0.4, 0.5) is 5.82 Å². The lowest BCUT2D eigenvalue weighted by Gasteiger charge is -2.37. The number of pyridine rings is 1. The van der Waals surface area contributed by atoms with Crippen molar-refractivity contribution in [2.24, 2.45) is 11.8 Å². The number of methoxy groups -OCH3 is 1. The van der Waals surface area contributed by atoms with Crippen LogP contribution in [0.15, 0.2) is 53.8 Å². The molecule has 5 rings (SSSR count). The van der Waals surface area contributed by atoms with Crippen molar-refractivity contribution in [2.45, 2.75) is 45.3 Å². The van der Waals surface area contributed by atoms with Gasteiger partial charge in [0.25, 0.3) is 5.91 Å². The van der Waals surface area contributed by atoms with Gasteiger partial charge in [-0.2, -0.15) is 0 Å². The minimum absolute atomic E-state index is 0.0154. The molecule has 0 bridgehead atoms. The zero-order valence-electron chi connectivity index (χ0n) is 18.9. The first kappa shape index (κ1) is 21.4. The topological polar surface area (TPSA) is 85.8 Å². The number of nitrogens with zero attached hydrogens (tertiary/aromatic N) is 2. The van der Waals surface area contributed by atoms with Gasteiger partial charge in [0.15, 0.2) is 11.5 Å². The highest BCUT2D eigenvalue weighted by atomic mass is 16.5. The molecule has 7 heteroatoms. The number of amides is 1. The second kappa shape index (κ2) is 8.14. The highest BCUT2D eigenvalue weighted by Gasteiger charge is 2.53. The Morgan fingerprint density at radius 2 is 1.88 bits per heavy atom. The summed E-state index contributed by atoms with van der Waals surface area (Å²) in [5.74, 6) is -0.0236. The molecule has 3 heterocycles. The number of carbonyl (C=O) groups excluding carboxylic acids is 3. The fourth-order valence-electron chi connectivity index (χ4n) is 5.21. The van der Waals surface area contributed by atoms with E-state index in [0.717, 1.165) is 25.0 Å². The molecule has 33 heavy (non-hydrogen) atoms. The number of ketones is 1. The van der Waals surface area contributed by atoms with Gasteiger partial charge in [-0.1, -0.05) is 25.1 Å². The molecular weight excluding hydrogens is 420 g/mol. The average molecular weight is 447 g/mol. The predicted molar refractivity (Wildman–Crippen MR) is 120 cm³/mol. The third-order valence-electron chi connectivity index (χ3n) is 6.88. The smallest absolute Gasteiger partial charge is 0.337 e. The molecule has 1 aliphatic carbocycles. The normalized spacial score (nSPS) is 26.6. The van der Waals surface area contributed by atoms with Crippen molar-refractivity contribution < 1.29 is 23.9 Å². The number of carbonyl (C=O) groups is 3. The van der Waals surface area contributed by atoms with Gasteiger partial charge in [0.2, 0.25) is 0 Å². The second-order valence-electron chi connectivity index (χ2n) is 9.12. The minimum atomic E-state index is -0.667. The number of benzene rings is 1. The van der Waals surface area contributed by atoms with Crippen molar-refractivity contribution in [3.05, 3.63) is 70.6 Å². The Bertz CT molecular complexity index is 1170. The number of hydrogen-bond acceptors (Lipinski definition) is 6. The molecular formula is C26H26N2O5. The van der Waals surface area contributed by atoms with Gasteiger partial charge in [-0.25, -0.2) is 9.78 Å². The molecule has 2 aliphatic heterocycles. The number of ether oxygens (including phenoxy) is 2. The van der Waals surface area contributed by atoms with Crippen molar-refractivity contribution in [3.8, 4) is 0 Å². The van der Waals surface area contributed by atoms with E-state index in [1.54, 1.807) is 35.2 Å². The molecule has 1 aromatic heterocycles. The van der Waals surface area contributed by atoms with Crippen LogP contribution >= 0.6 is 0 Å². The Morgan fingerprint density at radius 1 is 1.12 bits per heavy atom. The molecule has 0 N–H and O–H groups in total. The van der Waals surface area contributed by atoms with Gasteiger partial charge < -0.3 is 9.47 Å². The van der Waals surface area contributed by atoms with Crippen LogP contribution in [-0.2, 0) is 19.1 Å². The summed E-state index contributed by atoms with van der Waals surface area (Å²) in [7, 11) is 1.33. The van der Waals surface area contributed by atoms with Gasteiger partial charge in [0, 0.05) is 5.69 Å². The number of rotatable bonds is 3. The van der Waals surface area contributed by atoms with Crippen LogP contribution in [0.2, 0.25) is 0 Å². The third-order valence-corrected chi connectivity index (χ3v) is 6.88. The summed E-state index contributed by atoms with van der Waals surface area (Å²) in [5.41, 5.74) is 2.26. The third kappa shape index (κ3) is 3.52. The molecule has 2 aromatic rings. The molecule has 0 spiro atoms. The summed E-state index contributed by atoms with van der Waals surface area (Å²) in [6.07, 6.45) is 2.24. The molecule has 1 amide bonds. The highest BCUT2D eigenvalue weighted by Crippen LogP contribution is 2.48.